The van der Waals surface area contributed by atoms with Crippen LogP contribution in [0.25, 0.3) is 0 Å². The first-order valence-electron chi connectivity index (χ1n) is 5.94. The zero-order chi connectivity index (χ0) is 14.5. The summed E-state index contributed by atoms with van der Waals surface area (Å²) in [5.41, 5.74) is 1.29. The van der Waals surface area contributed by atoms with E-state index in [0.29, 0.717) is 23.7 Å². The van der Waals surface area contributed by atoms with Gasteiger partial charge in [-0.15, -0.1) is 11.3 Å². The van der Waals surface area contributed by atoms with Crippen molar-refractivity contribution in [3.05, 3.63) is 39.8 Å². The van der Waals surface area contributed by atoms with Crippen molar-refractivity contribution in [3.8, 4) is 11.5 Å². The first kappa shape index (κ1) is 14.3. The van der Waals surface area contributed by atoms with E-state index in [9.17, 15) is 4.79 Å². The number of aromatic nitrogens is 1. The predicted octanol–water partition coefficient (Wildman–Crippen LogP) is 2.83. The minimum absolute atomic E-state index is 0.359. The van der Waals surface area contributed by atoms with Crippen LogP contribution in [0.1, 0.15) is 21.1 Å². The Balaban J connectivity index is 2.13. The van der Waals surface area contributed by atoms with Gasteiger partial charge in [-0.3, -0.25) is 0 Å². The molecule has 106 valence electrons. The standard InChI is InChI=1S/C14H15NO4S/c1-9-15-11(8-20-9)7-19-12-5-4-10(14(16)18-3)6-13(12)17-2/h4-6,8H,7H2,1-3H3. The number of benzene rings is 1. The normalized spacial score (nSPS) is 10.2. The van der Waals surface area contributed by atoms with Gasteiger partial charge >= 0.3 is 5.97 Å². The second kappa shape index (κ2) is 6.38. The van der Waals surface area contributed by atoms with E-state index in [1.165, 1.54) is 14.2 Å². The smallest absolute Gasteiger partial charge is 0.337 e. The maximum absolute atomic E-state index is 11.4. The lowest BCUT2D eigenvalue weighted by atomic mass is 10.2. The van der Waals surface area contributed by atoms with E-state index in [-0.39, 0.29) is 0 Å². The molecular formula is C14H15NO4S. The second-order valence-corrected chi connectivity index (χ2v) is 5.07. The van der Waals surface area contributed by atoms with Gasteiger partial charge < -0.3 is 14.2 Å². The Bertz CT molecular complexity index is 609. The highest BCUT2D eigenvalue weighted by Gasteiger charge is 2.11. The molecule has 0 atom stereocenters. The highest BCUT2D eigenvalue weighted by Crippen LogP contribution is 2.29. The fraction of sp³-hybridized carbons (Fsp3) is 0.286. The van der Waals surface area contributed by atoms with Gasteiger partial charge in [-0.1, -0.05) is 0 Å². The molecule has 2 aromatic rings. The van der Waals surface area contributed by atoms with E-state index >= 15 is 0 Å². The summed E-state index contributed by atoms with van der Waals surface area (Å²) in [4.78, 5) is 15.8. The van der Waals surface area contributed by atoms with Crippen LogP contribution in [0.5, 0.6) is 11.5 Å². The van der Waals surface area contributed by atoms with Gasteiger partial charge in [-0.2, -0.15) is 0 Å². The number of carbonyl (C=O) groups excluding carboxylic acids is 1. The highest BCUT2D eigenvalue weighted by molar-refractivity contribution is 7.09. The summed E-state index contributed by atoms with van der Waals surface area (Å²) >= 11 is 1.58. The molecule has 0 spiro atoms. The van der Waals surface area contributed by atoms with Crippen LogP contribution in [0.4, 0.5) is 0 Å². The third-order valence-electron chi connectivity index (χ3n) is 2.63. The van der Waals surface area contributed by atoms with E-state index in [4.69, 9.17) is 9.47 Å². The third-order valence-corrected chi connectivity index (χ3v) is 3.45. The SMILES string of the molecule is COC(=O)c1ccc(OCc2csc(C)n2)c(OC)c1. The fourth-order valence-corrected chi connectivity index (χ4v) is 2.26. The number of ether oxygens (including phenoxy) is 3. The summed E-state index contributed by atoms with van der Waals surface area (Å²) in [6.07, 6.45) is 0. The first-order chi connectivity index (χ1) is 9.63. The first-order valence-corrected chi connectivity index (χ1v) is 6.82. The molecule has 0 aliphatic carbocycles. The third kappa shape index (κ3) is 3.27. The van der Waals surface area contributed by atoms with E-state index in [1.807, 2.05) is 12.3 Å². The molecule has 0 saturated heterocycles. The number of methoxy groups -OCH3 is 2. The van der Waals surface area contributed by atoms with E-state index in [0.717, 1.165) is 10.7 Å². The van der Waals surface area contributed by atoms with Gasteiger partial charge in [0.1, 0.15) is 6.61 Å². The molecule has 0 saturated carbocycles. The summed E-state index contributed by atoms with van der Waals surface area (Å²) in [7, 11) is 2.86. The molecule has 0 radical (unpaired) electrons. The number of carbonyl (C=O) groups is 1. The van der Waals surface area contributed by atoms with E-state index in [1.54, 1.807) is 29.5 Å². The average molecular weight is 293 g/mol. The zero-order valence-electron chi connectivity index (χ0n) is 11.5. The van der Waals surface area contributed by atoms with Gasteiger partial charge in [0, 0.05) is 5.38 Å². The number of nitrogens with zero attached hydrogens (tertiary/aromatic N) is 1. The number of thiazole rings is 1. The van der Waals surface area contributed by atoms with Crippen LogP contribution in [-0.2, 0) is 11.3 Å². The van der Waals surface area contributed by atoms with Crippen molar-refractivity contribution >= 4 is 17.3 Å². The lowest BCUT2D eigenvalue weighted by Gasteiger charge is -2.10. The molecule has 6 heteroatoms. The van der Waals surface area contributed by atoms with Gasteiger partial charge in [-0.25, -0.2) is 9.78 Å². The Labute approximate surface area is 121 Å². The van der Waals surface area contributed by atoms with Gasteiger partial charge in [0.05, 0.1) is 30.5 Å². The van der Waals surface area contributed by atoms with Gasteiger partial charge in [0.2, 0.25) is 0 Å². The summed E-state index contributed by atoms with van der Waals surface area (Å²) in [6.45, 7) is 2.30. The molecule has 20 heavy (non-hydrogen) atoms. The minimum atomic E-state index is -0.412. The number of esters is 1. The maximum Gasteiger partial charge on any atom is 0.337 e. The molecule has 0 fully saturated rings. The van der Waals surface area contributed by atoms with E-state index in [2.05, 4.69) is 9.72 Å². The second-order valence-electron chi connectivity index (χ2n) is 4.00. The summed E-state index contributed by atoms with van der Waals surface area (Å²) < 4.78 is 15.6. The van der Waals surface area contributed by atoms with Crippen LogP contribution >= 0.6 is 11.3 Å². The van der Waals surface area contributed by atoms with Crippen molar-refractivity contribution in [2.75, 3.05) is 14.2 Å². The van der Waals surface area contributed by atoms with Crippen LogP contribution in [0, 0.1) is 6.92 Å². The van der Waals surface area contributed by atoms with Crippen molar-refractivity contribution in [3.63, 3.8) is 0 Å². The van der Waals surface area contributed by atoms with Crippen LogP contribution < -0.4 is 9.47 Å². The van der Waals surface area contributed by atoms with Crippen LogP contribution in [0.3, 0.4) is 0 Å². The molecule has 0 unspecified atom stereocenters. The Hall–Kier alpha value is -2.08. The largest absolute Gasteiger partial charge is 0.493 e. The molecule has 2 rings (SSSR count). The van der Waals surface area contributed by atoms with Crippen LogP contribution in [0.2, 0.25) is 0 Å². The van der Waals surface area contributed by atoms with Crippen molar-refractivity contribution in [2.24, 2.45) is 0 Å². The number of hydrogen-bond acceptors (Lipinski definition) is 6. The van der Waals surface area contributed by atoms with Crippen molar-refractivity contribution < 1.29 is 19.0 Å². The van der Waals surface area contributed by atoms with Crippen LogP contribution in [0.15, 0.2) is 23.6 Å². The number of rotatable bonds is 5. The van der Waals surface area contributed by atoms with E-state index < -0.39 is 5.97 Å². The molecule has 0 amide bonds. The van der Waals surface area contributed by atoms with Gasteiger partial charge in [0.25, 0.3) is 0 Å². The minimum Gasteiger partial charge on any atom is -0.493 e. The number of hydrogen-bond donors (Lipinski definition) is 0. The molecule has 1 aromatic heterocycles. The fourth-order valence-electron chi connectivity index (χ4n) is 1.66. The quantitative estimate of drug-likeness (QED) is 0.793. The summed E-state index contributed by atoms with van der Waals surface area (Å²) in [6, 6.07) is 4.91. The zero-order valence-corrected chi connectivity index (χ0v) is 12.3. The van der Waals surface area contributed by atoms with Crippen molar-refractivity contribution in [1.82, 2.24) is 4.98 Å². The molecule has 0 bridgehead atoms. The van der Waals surface area contributed by atoms with Crippen molar-refractivity contribution in [2.45, 2.75) is 13.5 Å². The predicted molar refractivity (Wildman–Crippen MR) is 75.5 cm³/mol. The Morgan fingerprint density at radius 1 is 1.30 bits per heavy atom. The van der Waals surface area contributed by atoms with Crippen molar-refractivity contribution in [1.29, 1.82) is 0 Å². The molecule has 0 aliphatic rings. The molecular weight excluding hydrogens is 278 g/mol. The monoisotopic (exact) mass is 293 g/mol. The molecule has 5 nitrogen and oxygen atoms in total. The van der Waals surface area contributed by atoms with Crippen LogP contribution in [-0.4, -0.2) is 25.2 Å². The van der Waals surface area contributed by atoms with Gasteiger partial charge in [-0.05, 0) is 25.1 Å². The summed E-state index contributed by atoms with van der Waals surface area (Å²) in [5.74, 6) is 0.635. The maximum atomic E-state index is 11.4. The summed E-state index contributed by atoms with van der Waals surface area (Å²) in [5, 5.41) is 2.95. The molecule has 1 aromatic carbocycles. The highest BCUT2D eigenvalue weighted by atomic mass is 32.1. The lowest BCUT2D eigenvalue weighted by molar-refractivity contribution is 0.0600. The Morgan fingerprint density at radius 3 is 2.70 bits per heavy atom. The molecule has 1 heterocycles. The average Bonchev–Trinajstić information content (AvgIpc) is 2.89. The number of aryl methyl sites for hydroxylation is 1. The topological polar surface area (TPSA) is 57.7 Å². The Morgan fingerprint density at radius 2 is 2.10 bits per heavy atom. The van der Waals surface area contributed by atoms with Gasteiger partial charge in [0.15, 0.2) is 11.5 Å². The molecule has 0 aliphatic heterocycles. The Kier molecular flexibility index (Phi) is 4.57. The lowest BCUT2D eigenvalue weighted by Crippen LogP contribution is -2.03. The molecule has 0 N–H and O–H groups in total.